The number of likely N-dealkylation sites (N-methyl/N-ethyl adjacent to an activating group) is 5. The topological polar surface area (TPSA) is 250 Å². The molecule has 0 radical (unpaired) electrons. The highest BCUT2D eigenvalue weighted by molar-refractivity contribution is 5.98. The quantitative estimate of drug-likeness (QED) is 0.0820. The summed E-state index contributed by atoms with van der Waals surface area (Å²) in [6.07, 6.45) is 3.13. The van der Waals surface area contributed by atoms with Gasteiger partial charge in [0.25, 0.3) is 0 Å². The van der Waals surface area contributed by atoms with E-state index in [1.165, 1.54) is 68.7 Å². The number of likely N-dealkylation sites (tertiary alicyclic amines) is 2. The fourth-order valence-electron chi connectivity index (χ4n) is 11.7. The third-order valence-corrected chi connectivity index (χ3v) is 17.6. The molecular formula is C68H106N10O12. The molecule has 2 aliphatic heterocycles. The molecule has 90 heavy (non-hydrogen) atoms. The Morgan fingerprint density at radius 1 is 0.756 bits per heavy atom. The van der Waals surface area contributed by atoms with E-state index in [1.807, 2.05) is 110 Å². The molecule has 22 heteroatoms. The first-order valence-electron chi connectivity index (χ1n) is 32.0. The Morgan fingerprint density at radius 2 is 1.37 bits per heavy atom. The van der Waals surface area contributed by atoms with Crippen LogP contribution in [0.4, 0.5) is 0 Å². The summed E-state index contributed by atoms with van der Waals surface area (Å²) in [5.41, 5.74) is 2.52. The normalized spacial score (nSPS) is 17.8. The molecule has 2 aromatic rings. The molecule has 2 saturated heterocycles. The number of ether oxygens (including phenoxy) is 1. The molecule has 3 N–H and O–H groups in total. The minimum Gasteiger partial charge on any atom is -0.391 e. The van der Waals surface area contributed by atoms with Gasteiger partial charge < -0.3 is 59.7 Å². The SMILES string of the molecule is C=C(CCC(=O)N(C)Cc1ccccc1)c1cccc(CC(NC(=O)C(COC(C)(C)C)NC(=O)[C@H]([C@@H](C)CC)N(C)C(=O)[C@H](CC(C)C)N(C)C(=O)C(C)N(C)C(=O)[C@H]([C@@H](C)O)N2C(=O)C(N(C)C(=O)CN(C)C=O)CC2C(C)C)C(=O)N2CCCCC2)c1. The molecule has 10 atom stereocenters. The van der Waals surface area contributed by atoms with Crippen molar-refractivity contribution in [2.24, 2.45) is 17.8 Å². The van der Waals surface area contributed by atoms with Gasteiger partial charge in [0.05, 0.1) is 24.9 Å². The van der Waals surface area contributed by atoms with E-state index in [0.29, 0.717) is 38.9 Å². The Morgan fingerprint density at radius 3 is 1.93 bits per heavy atom. The van der Waals surface area contributed by atoms with E-state index in [4.69, 9.17) is 4.74 Å². The van der Waals surface area contributed by atoms with E-state index >= 15 is 9.59 Å². The van der Waals surface area contributed by atoms with Crippen LogP contribution >= 0.6 is 0 Å². The van der Waals surface area contributed by atoms with Gasteiger partial charge in [-0.25, -0.2) is 0 Å². The molecule has 0 saturated carbocycles. The highest BCUT2D eigenvalue weighted by Crippen LogP contribution is 2.33. The maximum Gasteiger partial charge on any atom is 0.248 e. The van der Waals surface area contributed by atoms with Crippen molar-refractivity contribution in [3.63, 3.8) is 0 Å². The molecule has 2 fully saturated rings. The van der Waals surface area contributed by atoms with Crippen LogP contribution in [0, 0.1) is 17.8 Å². The van der Waals surface area contributed by atoms with Crippen LogP contribution in [0.1, 0.15) is 144 Å². The molecule has 5 unspecified atom stereocenters. The van der Waals surface area contributed by atoms with E-state index in [9.17, 15) is 43.5 Å². The van der Waals surface area contributed by atoms with Crippen LogP contribution in [0.25, 0.3) is 5.57 Å². The molecular weight excluding hydrogens is 1150 g/mol. The molecule has 500 valence electrons. The number of nitrogens with zero attached hydrogens (tertiary/aromatic N) is 8. The number of aliphatic hydroxyl groups excluding tert-OH is 1. The Balaban J connectivity index is 1.60. The van der Waals surface area contributed by atoms with E-state index in [1.54, 1.807) is 23.8 Å². The third kappa shape index (κ3) is 20.7. The lowest BCUT2D eigenvalue weighted by molar-refractivity contribution is -0.157. The van der Waals surface area contributed by atoms with Gasteiger partial charge >= 0.3 is 0 Å². The highest BCUT2D eigenvalue weighted by Gasteiger charge is 2.51. The van der Waals surface area contributed by atoms with Gasteiger partial charge in [-0.05, 0) is 113 Å². The van der Waals surface area contributed by atoms with Crippen LogP contribution in [0.15, 0.2) is 61.2 Å². The Kier molecular flexibility index (Phi) is 28.7. The number of hydrogen-bond donors (Lipinski definition) is 3. The second-order valence-electron chi connectivity index (χ2n) is 26.7. The average molecular weight is 1260 g/mol. The number of amides is 10. The van der Waals surface area contributed by atoms with E-state index in [2.05, 4.69) is 17.2 Å². The predicted octanol–water partition coefficient (Wildman–Crippen LogP) is 4.99. The number of rotatable bonds is 32. The number of hydrogen-bond acceptors (Lipinski definition) is 12. The fourth-order valence-corrected chi connectivity index (χ4v) is 11.7. The zero-order valence-electron chi connectivity index (χ0n) is 56.8. The maximum atomic E-state index is 15.2. The van der Waals surface area contributed by atoms with E-state index in [0.717, 1.165) is 51.3 Å². The van der Waals surface area contributed by atoms with Crippen LogP contribution in [-0.2, 0) is 65.6 Å². The van der Waals surface area contributed by atoms with Gasteiger partial charge in [0, 0.05) is 80.8 Å². The second-order valence-corrected chi connectivity index (χ2v) is 26.7. The van der Waals surface area contributed by atoms with Crippen molar-refractivity contribution in [3.8, 4) is 0 Å². The summed E-state index contributed by atoms with van der Waals surface area (Å²) in [5, 5.41) is 17.2. The first-order valence-corrected chi connectivity index (χ1v) is 32.0. The summed E-state index contributed by atoms with van der Waals surface area (Å²) in [4.78, 5) is 152. The largest absolute Gasteiger partial charge is 0.391 e. The summed E-state index contributed by atoms with van der Waals surface area (Å²) in [7, 11) is 8.98. The van der Waals surface area contributed by atoms with Gasteiger partial charge in [0.1, 0.15) is 42.3 Å². The van der Waals surface area contributed by atoms with Crippen molar-refractivity contribution in [1.82, 2.24) is 49.8 Å². The Labute approximate surface area is 535 Å². The van der Waals surface area contributed by atoms with Crippen LogP contribution < -0.4 is 10.6 Å². The average Bonchev–Trinajstić information content (AvgIpc) is 1.68. The van der Waals surface area contributed by atoms with Gasteiger partial charge in [-0.1, -0.05) is 109 Å². The van der Waals surface area contributed by atoms with Crippen molar-refractivity contribution in [2.75, 3.05) is 68.5 Å². The summed E-state index contributed by atoms with van der Waals surface area (Å²) in [6, 6.07) is 8.24. The Hall–Kier alpha value is -7.20. The van der Waals surface area contributed by atoms with Gasteiger partial charge in [-0.2, -0.15) is 0 Å². The maximum absolute atomic E-state index is 15.2. The zero-order chi connectivity index (χ0) is 67.6. The van der Waals surface area contributed by atoms with Crippen LogP contribution in [-0.4, -0.2) is 232 Å². The van der Waals surface area contributed by atoms with Crippen LogP contribution in [0.2, 0.25) is 0 Å². The molecule has 10 amide bonds. The lowest BCUT2D eigenvalue weighted by atomic mass is 9.94. The first-order chi connectivity index (χ1) is 42.1. The van der Waals surface area contributed by atoms with Crippen LogP contribution in [0.5, 0.6) is 0 Å². The monoisotopic (exact) mass is 1250 g/mol. The summed E-state index contributed by atoms with van der Waals surface area (Å²) in [5.74, 6) is -5.56. The van der Waals surface area contributed by atoms with E-state index in [-0.39, 0.29) is 62.5 Å². The third-order valence-electron chi connectivity index (χ3n) is 17.6. The summed E-state index contributed by atoms with van der Waals surface area (Å²) < 4.78 is 6.19. The molecule has 0 spiro atoms. The molecule has 22 nitrogen and oxygen atoms in total. The van der Waals surface area contributed by atoms with Crippen molar-refractivity contribution in [2.45, 2.75) is 201 Å². The number of aliphatic hydroxyl groups is 1. The Bertz CT molecular complexity index is 2800. The minimum absolute atomic E-state index is 0.0279. The number of carbonyl (C=O) groups excluding carboxylic acids is 10. The van der Waals surface area contributed by atoms with Gasteiger partial charge in [-0.3, -0.25) is 47.9 Å². The minimum atomic E-state index is -1.46. The van der Waals surface area contributed by atoms with Crippen molar-refractivity contribution >= 4 is 65.1 Å². The number of carbonyl (C=O) groups is 10. The fraction of sp³-hybridized carbons (Fsp3) is 0.647. The van der Waals surface area contributed by atoms with Crippen molar-refractivity contribution in [3.05, 3.63) is 77.9 Å². The molecule has 4 rings (SSSR count). The van der Waals surface area contributed by atoms with Crippen molar-refractivity contribution < 1.29 is 57.8 Å². The lowest BCUT2D eigenvalue weighted by Gasteiger charge is -2.41. The molecule has 0 aliphatic carbocycles. The summed E-state index contributed by atoms with van der Waals surface area (Å²) in [6.45, 7) is 24.7. The molecule has 2 aliphatic rings. The van der Waals surface area contributed by atoms with Gasteiger partial charge in [0.2, 0.25) is 59.6 Å². The zero-order valence-corrected chi connectivity index (χ0v) is 56.8. The molecule has 0 bridgehead atoms. The summed E-state index contributed by atoms with van der Waals surface area (Å²) >= 11 is 0. The molecule has 2 aromatic carbocycles. The molecule has 0 aromatic heterocycles. The van der Waals surface area contributed by atoms with Gasteiger partial charge in [0.15, 0.2) is 0 Å². The van der Waals surface area contributed by atoms with Crippen molar-refractivity contribution in [1.29, 1.82) is 0 Å². The number of piperidine rings is 1. The molecule has 2 heterocycles. The standard InChI is InChI=1S/C68H106N10O12/c1-19-45(6)59(76(18)65(87)55(35-43(2)3)75(17)63(85)47(8)73(15)67(89)60(48(9)80)78-54(44(4)5)38-56(66(78)88)74(16)58(82)40-71(13)42-79)62(84)70-53(41-90-68(10,11)12)61(83)69-52(64(86)77-33-24-21-25-34-77)37-50-29-26-30-51(36-50)46(7)31-32-57(81)72(14)39-49-27-22-20-23-28-49/h20,22-23,26-30,36,42-45,47-48,52-56,59-60,80H,7,19,21,24-25,31-35,37-41H2,1-6,8-18H3,(H,69,83)(H,70,84)/t45-,47?,48+,52?,53?,54?,55-,56?,59-,60-/m0/s1. The van der Waals surface area contributed by atoms with Crippen LogP contribution in [0.3, 0.4) is 0 Å². The predicted molar refractivity (Wildman–Crippen MR) is 346 cm³/mol. The number of nitrogens with one attached hydrogen (secondary N) is 2. The smallest absolute Gasteiger partial charge is 0.248 e. The van der Waals surface area contributed by atoms with Gasteiger partial charge in [-0.15, -0.1) is 0 Å². The lowest BCUT2D eigenvalue weighted by Crippen LogP contribution is -2.62. The second kappa shape index (κ2) is 34.3. The highest BCUT2D eigenvalue weighted by atomic mass is 16.5. The number of allylic oxidation sites excluding steroid dienone is 1. The number of benzene rings is 2. The van der Waals surface area contributed by atoms with E-state index < -0.39 is 107 Å². The first kappa shape index (κ1) is 75.3.